The van der Waals surface area contributed by atoms with Gasteiger partial charge in [-0.05, 0) is 35.7 Å². The summed E-state index contributed by atoms with van der Waals surface area (Å²) in [5.74, 6) is 2.08. The van der Waals surface area contributed by atoms with Gasteiger partial charge in [-0.3, -0.25) is 4.21 Å². The van der Waals surface area contributed by atoms with Crippen LogP contribution in [0.1, 0.15) is 18.5 Å². The number of benzene rings is 1. The van der Waals surface area contributed by atoms with Gasteiger partial charge in [-0.2, -0.15) is 0 Å². The van der Waals surface area contributed by atoms with E-state index in [0.717, 1.165) is 27.8 Å². The van der Waals surface area contributed by atoms with Crippen LogP contribution in [-0.4, -0.2) is 23.3 Å². The van der Waals surface area contributed by atoms with E-state index in [2.05, 4.69) is 5.32 Å². The van der Waals surface area contributed by atoms with Crippen molar-refractivity contribution in [1.82, 2.24) is 5.32 Å². The zero-order valence-electron chi connectivity index (χ0n) is 11.7. The van der Waals surface area contributed by atoms with Crippen LogP contribution >= 0.6 is 11.3 Å². The van der Waals surface area contributed by atoms with E-state index >= 15 is 0 Å². The predicted octanol–water partition coefficient (Wildman–Crippen LogP) is 2.94. The second-order valence-electron chi connectivity index (χ2n) is 4.67. The van der Waals surface area contributed by atoms with Gasteiger partial charge in [-0.1, -0.05) is 19.1 Å². The first kappa shape index (κ1) is 14.6. The molecule has 0 amide bonds. The van der Waals surface area contributed by atoms with Crippen molar-refractivity contribution in [3.8, 4) is 11.5 Å². The number of nitrogens with one attached hydrogen (secondary N) is 1. The van der Waals surface area contributed by atoms with Gasteiger partial charge in [-0.25, -0.2) is 0 Å². The summed E-state index contributed by atoms with van der Waals surface area (Å²) < 4.78 is 24.1. The molecule has 0 radical (unpaired) electrons. The average Bonchev–Trinajstić information content (AvgIpc) is 3.17. The van der Waals surface area contributed by atoms with Crippen LogP contribution < -0.4 is 14.8 Å². The molecule has 2 aromatic rings. The number of ether oxygens (including phenoxy) is 2. The van der Waals surface area contributed by atoms with E-state index in [4.69, 9.17) is 9.47 Å². The summed E-state index contributed by atoms with van der Waals surface area (Å²) >= 11 is 1.53. The van der Waals surface area contributed by atoms with Crippen molar-refractivity contribution < 1.29 is 13.7 Å². The average molecular weight is 323 g/mol. The first-order valence-corrected chi connectivity index (χ1v) is 9.02. The number of fused-ring (bicyclic) bond motifs is 1. The quantitative estimate of drug-likeness (QED) is 0.888. The monoisotopic (exact) mass is 323 g/mol. The Morgan fingerprint density at radius 3 is 2.95 bits per heavy atom. The van der Waals surface area contributed by atoms with Crippen molar-refractivity contribution in [2.24, 2.45) is 0 Å². The summed E-state index contributed by atoms with van der Waals surface area (Å²) in [6.45, 7) is 3.14. The van der Waals surface area contributed by atoms with Crippen LogP contribution in [0.25, 0.3) is 0 Å². The fourth-order valence-corrected chi connectivity index (χ4v) is 4.53. The van der Waals surface area contributed by atoms with Crippen molar-refractivity contribution in [1.29, 1.82) is 0 Å². The Morgan fingerprint density at radius 2 is 2.19 bits per heavy atom. The molecule has 0 aliphatic carbocycles. The molecule has 6 heteroatoms. The van der Waals surface area contributed by atoms with Gasteiger partial charge in [0.2, 0.25) is 6.79 Å². The topological polar surface area (TPSA) is 47.6 Å². The van der Waals surface area contributed by atoms with Crippen LogP contribution in [0.2, 0.25) is 0 Å². The highest BCUT2D eigenvalue weighted by molar-refractivity contribution is 7.87. The molecule has 1 aromatic heterocycles. The molecule has 1 N–H and O–H groups in total. The molecule has 1 aliphatic rings. The Balaban J connectivity index is 1.79. The molecule has 1 aromatic carbocycles. The Bertz CT molecular complexity index is 628. The van der Waals surface area contributed by atoms with Gasteiger partial charge in [0.25, 0.3) is 0 Å². The van der Waals surface area contributed by atoms with E-state index in [-0.39, 0.29) is 12.8 Å². The molecular weight excluding hydrogens is 306 g/mol. The molecule has 4 nitrogen and oxygen atoms in total. The molecule has 0 bridgehead atoms. The van der Waals surface area contributed by atoms with Crippen LogP contribution in [0.5, 0.6) is 11.5 Å². The van der Waals surface area contributed by atoms with Crippen LogP contribution in [0.15, 0.2) is 39.9 Å². The van der Waals surface area contributed by atoms with E-state index in [1.165, 1.54) is 11.3 Å². The molecule has 0 fully saturated rings. The fraction of sp³-hybridized carbons (Fsp3) is 0.333. The summed E-state index contributed by atoms with van der Waals surface area (Å²) in [6.07, 6.45) is 0. The van der Waals surface area contributed by atoms with Crippen molar-refractivity contribution in [3.63, 3.8) is 0 Å². The molecule has 1 aliphatic heterocycles. The smallest absolute Gasteiger partial charge is 0.231 e. The molecular formula is C15H17NO3S2. The molecule has 2 unspecified atom stereocenters. The number of hydrogen-bond donors (Lipinski definition) is 1. The second-order valence-corrected chi connectivity index (χ2v) is 7.34. The summed E-state index contributed by atoms with van der Waals surface area (Å²) in [6, 6.07) is 9.78. The van der Waals surface area contributed by atoms with Crippen molar-refractivity contribution in [3.05, 3.63) is 41.3 Å². The van der Waals surface area contributed by atoms with Crippen molar-refractivity contribution in [2.75, 3.05) is 19.1 Å². The normalized spacial score (nSPS) is 15.9. The lowest BCUT2D eigenvalue weighted by molar-refractivity contribution is 0.174. The van der Waals surface area contributed by atoms with E-state index in [9.17, 15) is 4.21 Å². The molecule has 21 heavy (non-hydrogen) atoms. The first-order valence-electron chi connectivity index (χ1n) is 6.82. The van der Waals surface area contributed by atoms with Gasteiger partial charge in [0.1, 0.15) is 0 Å². The highest BCUT2D eigenvalue weighted by Gasteiger charge is 2.20. The molecule has 0 spiro atoms. The maximum Gasteiger partial charge on any atom is 0.231 e. The second kappa shape index (κ2) is 6.60. The van der Waals surface area contributed by atoms with Gasteiger partial charge >= 0.3 is 0 Å². The Hall–Kier alpha value is -1.37. The fourth-order valence-electron chi connectivity index (χ4n) is 2.28. The van der Waals surface area contributed by atoms with Crippen LogP contribution in [0, 0.1) is 0 Å². The van der Waals surface area contributed by atoms with E-state index in [0.29, 0.717) is 5.75 Å². The Labute approximate surface area is 130 Å². The lowest BCUT2D eigenvalue weighted by Crippen LogP contribution is -2.26. The molecule has 112 valence electrons. The van der Waals surface area contributed by atoms with Gasteiger partial charge in [0.15, 0.2) is 11.5 Å². The zero-order valence-corrected chi connectivity index (χ0v) is 13.3. The van der Waals surface area contributed by atoms with Gasteiger partial charge in [0, 0.05) is 11.8 Å². The van der Waals surface area contributed by atoms with Gasteiger partial charge < -0.3 is 14.8 Å². The predicted molar refractivity (Wildman–Crippen MR) is 84.6 cm³/mol. The van der Waals surface area contributed by atoms with Crippen LogP contribution in [0.4, 0.5) is 0 Å². The summed E-state index contributed by atoms with van der Waals surface area (Å²) in [5, 5.41) is 5.35. The highest BCUT2D eigenvalue weighted by Crippen LogP contribution is 2.34. The Morgan fingerprint density at radius 1 is 1.33 bits per heavy atom. The van der Waals surface area contributed by atoms with E-state index < -0.39 is 10.8 Å². The minimum atomic E-state index is -0.999. The molecule has 0 saturated carbocycles. The lowest BCUT2D eigenvalue weighted by atomic mass is 10.1. The number of thiophene rings is 1. The third-order valence-corrected chi connectivity index (χ3v) is 6.02. The molecule has 0 saturated heterocycles. The summed E-state index contributed by atoms with van der Waals surface area (Å²) in [5.41, 5.74) is 1.08. The minimum Gasteiger partial charge on any atom is -0.454 e. The first-order chi connectivity index (χ1) is 10.3. The number of rotatable bonds is 6. The van der Waals surface area contributed by atoms with E-state index in [1.54, 1.807) is 0 Å². The van der Waals surface area contributed by atoms with Crippen molar-refractivity contribution >= 4 is 22.1 Å². The standard InChI is InChI=1S/C15H17NO3S2/c1-2-16-12(9-21(17)15-4-3-7-20-15)11-5-6-13-14(8-11)19-10-18-13/h3-8,12,16H,2,9-10H2,1H3. The van der Waals surface area contributed by atoms with Crippen LogP contribution in [0.3, 0.4) is 0 Å². The Kier molecular flexibility index (Phi) is 4.57. The largest absolute Gasteiger partial charge is 0.454 e. The molecule has 3 rings (SSSR count). The third-order valence-electron chi connectivity index (χ3n) is 3.29. The van der Waals surface area contributed by atoms with E-state index in [1.807, 2.05) is 42.6 Å². The SMILES string of the molecule is CCNC(CS(=O)c1cccs1)c1ccc2c(c1)OCO2. The number of hydrogen-bond acceptors (Lipinski definition) is 5. The highest BCUT2D eigenvalue weighted by atomic mass is 32.2. The minimum absolute atomic E-state index is 0.0347. The summed E-state index contributed by atoms with van der Waals surface area (Å²) in [7, 11) is -0.999. The third kappa shape index (κ3) is 3.28. The molecule has 2 heterocycles. The lowest BCUT2D eigenvalue weighted by Gasteiger charge is -2.18. The summed E-state index contributed by atoms with van der Waals surface area (Å²) in [4.78, 5) is 0. The van der Waals surface area contributed by atoms with Crippen molar-refractivity contribution in [2.45, 2.75) is 17.2 Å². The van der Waals surface area contributed by atoms with Crippen LogP contribution in [-0.2, 0) is 10.8 Å². The molecule has 2 atom stereocenters. The zero-order chi connectivity index (χ0) is 14.7. The van der Waals surface area contributed by atoms with Gasteiger partial charge in [0.05, 0.1) is 15.0 Å². The maximum absolute atomic E-state index is 12.4. The maximum atomic E-state index is 12.4. The van der Waals surface area contributed by atoms with Gasteiger partial charge in [-0.15, -0.1) is 11.3 Å².